The van der Waals surface area contributed by atoms with Gasteiger partial charge in [0.05, 0.1) is 27.8 Å². The Morgan fingerprint density at radius 1 is 0.448 bits per heavy atom. The summed E-state index contributed by atoms with van der Waals surface area (Å²) in [6.07, 6.45) is -34.4. The standard InChI is InChI=1S/C12F15NO/c13-8(14,15)2-3(9(16,17)18)5(11(22,23)24)7(28-1-29)6(12(25,26)27)4(2)10(19,20)21. The second-order valence-corrected chi connectivity index (χ2v) is 4.92. The van der Waals surface area contributed by atoms with Crippen molar-refractivity contribution >= 4 is 11.8 Å². The summed E-state index contributed by atoms with van der Waals surface area (Å²) >= 11 is 0. The van der Waals surface area contributed by atoms with Crippen LogP contribution in [0.3, 0.4) is 0 Å². The van der Waals surface area contributed by atoms with Crippen molar-refractivity contribution in [1.29, 1.82) is 0 Å². The van der Waals surface area contributed by atoms with Crippen LogP contribution in [0.2, 0.25) is 0 Å². The first-order valence-corrected chi connectivity index (χ1v) is 6.24. The van der Waals surface area contributed by atoms with Gasteiger partial charge in [-0.3, -0.25) is 0 Å². The van der Waals surface area contributed by atoms with Crippen molar-refractivity contribution in [1.82, 2.24) is 0 Å². The SMILES string of the molecule is O=C=Nc1c(C(F)(F)F)c(C(F)(F)F)c(C(F)(F)F)c(C(F)(F)F)c1C(F)(F)F. The lowest BCUT2D eigenvalue weighted by atomic mass is 9.87. The zero-order chi connectivity index (χ0) is 23.4. The van der Waals surface area contributed by atoms with Crippen LogP contribution in [0.1, 0.15) is 27.8 Å². The lowest BCUT2D eigenvalue weighted by Crippen LogP contribution is -2.31. The molecular formula is C12F15NO. The van der Waals surface area contributed by atoms with Gasteiger partial charge in [-0.1, -0.05) is 0 Å². The maximum Gasteiger partial charge on any atom is 0.419 e. The molecule has 1 rings (SSSR count). The van der Waals surface area contributed by atoms with Crippen LogP contribution in [0.25, 0.3) is 0 Å². The van der Waals surface area contributed by atoms with Crippen molar-refractivity contribution in [2.75, 3.05) is 0 Å². The summed E-state index contributed by atoms with van der Waals surface area (Å²) in [5, 5.41) is 0. The second kappa shape index (κ2) is 6.81. The molecule has 0 aliphatic carbocycles. The van der Waals surface area contributed by atoms with E-state index < -0.39 is 64.4 Å². The van der Waals surface area contributed by atoms with E-state index in [0.29, 0.717) is 0 Å². The zero-order valence-corrected chi connectivity index (χ0v) is 12.5. The summed E-state index contributed by atoms with van der Waals surface area (Å²) in [5.74, 6) is 0. The predicted octanol–water partition coefficient (Wildman–Crippen LogP) is 6.75. The number of nitrogens with zero attached hydrogens (tertiary/aromatic N) is 1. The molecule has 2 nitrogen and oxygen atoms in total. The molecule has 0 aromatic heterocycles. The Balaban J connectivity index is 4.79. The van der Waals surface area contributed by atoms with Gasteiger partial charge in [-0.05, 0) is 0 Å². The van der Waals surface area contributed by atoms with Gasteiger partial charge in [0, 0.05) is 0 Å². The van der Waals surface area contributed by atoms with E-state index >= 15 is 0 Å². The molecule has 0 saturated heterocycles. The second-order valence-electron chi connectivity index (χ2n) is 4.92. The molecule has 0 atom stereocenters. The Kier molecular flexibility index (Phi) is 5.77. The van der Waals surface area contributed by atoms with Crippen LogP contribution in [-0.2, 0) is 35.7 Å². The van der Waals surface area contributed by atoms with Crippen molar-refractivity contribution in [3.8, 4) is 0 Å². The number of hydrogen-bond acceptors (Lipinski definition) is 2. The summed E-state index contributed by atoms with van der Waals surface area (Å²) in [6, 6.07) is 0. The number of carbonyl (C=O) groups excluding carboxylic acids is 1. The highest BCUT2D eigenvalue weighted by molar-refractivity contribution is 5.70. The van der Waals surface area contributed by atoms with Gasteiger partial charge < -0.3 is 0 Å². The fourth-order valence-corrected chi connectivity index (χ4v) is 2.30. The lowest BCUT2D eigenvalue weighted by Gasteiger charge is -2.28. The predicted molar refractivity (Wildman–Crippen MR) is 59.2 cm³/mol. The van der Waals surface area contributed by atoms with Crippen LogP contribution >= 0.6 is 0 Å². The molecule has 1 aromatic rings. The Morgan fingerprint density at radius 2 is 0.655 bits per heavy atom. The van der Waals surface area contributed by atoms with E-state index in [0.717, 1.165) is 0 Å². The van der Waals surface area contributed by atoms with Crippen molar-refractivity contribution < 1.29 is 70.7 Å². The highest BCUT2D eigenvalue weighted by atomic mass is 19.4. The maximum atomic E-state index is 13.0. The van der Waals surface area contributed by atoms with Crippen LogP contribution in [0, 0.1) is 0 Å². The quantitative estimate of drug-likeness (QED) is 0.260. The van der Waals surface area contributed by atoms with Gasteiger partial charge in [0.15, 0.2) is 0 Å². The molecule has 1 aromatic carbocycles. The summed E-state index contributed by atoms with van der Waals surface area (Å²) in [4.78, 5) is 11.7. The molecule has 29 heavy (non-hydrogen) atoms. The molecule has 0 heterocycles. The van der Waals surface area contributed by atoms with Crippen LogP contribution in [0.4, 0.5) is 71.5 Å². The molecule has 0 N–H and O–H groups in total. The fraction of sp³-hybridized carbons (Fsp3) is 0.417. The summed E-state index contributed by atoms with van der Waals surface area (Å²) in [5.41, 5.74) is -23.6. The smallest absolute Gasteiger partial charge is 0.211 e. The third-order valence-corrected chi connectivity index (χ3v) is 3.05. The monoisotopic (exact) mass is 459 g/mol. The number of aliphatic imine (C=N–C) groups is 1. The molecule has 0 amide bonds. The molecule has 0 radical (unpaired) electrons. The Bertz CT molecular complexity index is 790. The van der Waals surface area contributed by atoms with E-state index in [1.165, 1.54) is 0 Å². The van der Waals surface area contributed by atoms with Gasteiger partial charge in [0.25, 0.3) is 0 Å². The zero-order valence-electron chi connectivity index (χ0n) is 12.5. The topological polar surface area (TPSA) is 29.4 Å². The largest absolute Gasteiger partial charge is 0.419 e. The van der Waals surface area contributed by atoms with Gasteiger partial charge in [0.2, 0.25) is 6.08 Å². The highest BCUT2D eigenvalue weighted by Crippen LogP contribution is 2.58. The van der Waals surface area contributed by atoms with E-state index in [2.05, 4.69) is 0 Å². The minimum atomic E-state index is -6.99. The summed E-state index contributed by atoms with van der Waals surface area (Å²) in [6.45, 7) is 0. The normalized spacial score (nSPS) is 14.0. The molecule has 0 aliphatic heterocycles. The highest BCUT2D eigenvalue weighted by Gasteiger charge is 2.60. The summed E-state index contributed by atoms with van der Waals surface area (Å²) < 4.78 is 195. The first-order chi connectivity index (χ1) is 12.6. The van der Waals surface area contributed by atoms with Gasteiger partial charge in [-0.25, -0.2) is 4.79 Å². The average molecular weight is 459 g/mol. The number of hydrogen-bond donors (Lipinski definition) is 0. The van der Waals surface area contributed by atoms with E-state index in [4.69, 9.17) is 0 Å². The van der Waals surface area contributed by atoms with Crippen LogP contribution in [0.5, 0.6) is 0 Å². The average Bonchev–Trinajstić information content (AvgIpc) is 2.40. The van der Waals surface area contributed by atoms with Crippen LogP contribution < -0.4 is 0 Å². The van der Waals surface area contributed by atoms with Crippen LogP contribution in [0.15, 0.2) is 4.99 Å². The molecule has 164 valence electrons. The Morgan fingerprint density at radius 3 is 0.828 bits per heavy atom. The van der Waals surface area contributed by atoms with E-state index in [1.54, 1.807) is 4.99 Å². The molecule has 0 bridgehead atoms. The van der Waals surface area contributed by atoms with E-state index in [1.807, 2.05) is 0 Å². The number of rotatable bonds is 1. The van der Waals surface area contributed by atoms with Gasteiger partial charge in [-0.2, -0.15) is 70.8 Å². The minimum Gasteiger partial charge on any atom is -0.211 e. The molecule has 0 fully saturated rings. The summed E-state index contributed by atoms with van der Waals surface area (Å²) in [7, 11) is 0. The molecule has 0 unspecified atom stereocenters. The van der Waals surface area contributed by atoms with Crippen molar-refractivity contribution in [3.63, 3.8) is 0 Å². The van der Waals surface area contributed by atoms with Crippen molar-refractivity contribution in [2.45, 2.75) is 30.9 Å². The molecular weight excluding hydrogens is 459 g/mol. The number of halogens is 15. The van der Waals surface area contributed by atoms with Crippen molar-refractivity contribution in [3.05, 3.63) is 27.8 Å². The number of isocyanates is 1. The van der Waals surface area contributed by atoms with E-state index in [9.17, 15) is 70.7 Å². The third kappa shape index (κ3) is 4.76. The van der Waals surface area contributed by atoms with E-state index in [-0.39, 0.29) is 6.08 Å². The van der Waals surface area contributed by atoms with Crippen molar-refractivity contribution in [2.24, 2.45) is 4.99 Å². The first kappa shape index (κ1) is 24.6. The van der Waals surface area contributed by atoms with Gasteiger partial charge in [0.1, 0.15) is 5.69 Å². The molecule has 0 aliphatic rings. The fourth-order valence-electron chi connectivity index (χ4n) is 2.30. The Labute approximate surface area is 147 Å². The number of alkyl halides is 15. The van der Waals surface area contributed by atoms with Gasteiger partial charge in [-0.15, -0.1) is 0 Å². The molecule has 0 saturated carbocycles. The maximum absolute atomic E-state index is 13.0. The Hall–Kier alpha value is -2.45. The molecule has 0 spiro atoms. The molecule has 17 heteroatoms. The lowest BCUT2D eigenvalue weighted by molar-refractivity contribution is -0.188. The van der Waals surface area contributed by atoms with Crippen LogP contribution in [-0.4, -0.2) is 6.08 Å². The minimum absolute atomic E-state index is 0.116. The number of benzene rings is 1. The first-order valence-electron chi connectivity index (χ1n) is 6.24. The third-order valence-electron chi connectivity index (χ3n) is 3.05. The van der Waals surface area contributed by atoms with Gasteiger partial charge >= 0.3 is 30.9 Å².